The van der Waals surface area contributed by atoms with Crippen LogP contribution >= 0.6 is 0 Å². The first-order valence-corrected chi connectivity index (χ1v) is 9.49. The second-order valence-corrected chi connectivity index (χ2v) is 7.28. The van der Waals surface area contributed by atoms with E-state index < -0.39 is 0 Å². The minimum atomic E-state index is 0.366. The molecule has 0 amide bonds. The van der Waals surface area contributed by atoms with Crippen LogP contribution in [0.2, 0.25) is 0 Å². The molecular formula is C20H23N5O. The number of hydrogen-bond acceptors (Lipinski definition) is 5. The van der Waals surface area contributed by atoms with Crippen molar-refractivity contribution in [3.05, 3.63) is 66.1 Å². The number of hydrogen-bond donors (Lipinski definition) is 0. The minimum Gasteiger partial charge on any atom is -0.339 e. The maximum absolute atomic E-state index is 5.54. The van der Waals surface area contributed by atoms with E-state index in [1.54, 1.807) is 6.20 Å². The molecule has 134 valence electrons. The normalized spacial score (nSPS) is 25.6. The Balaban J connectivity index is 1.33. The number of aryl methyl sites for hydroxylation is 2. The first-order chi connectivity index (χ1) is 12.9. The molecule has 2 saturated heterocycles. The predicted octanol–water partition coefficient (Wildman–Crippen LogP) is 3.20. The average Bonchev–Trinajstić information content (AvgIpc) is 3.44. The van der Waals surface area contributed by atoms with E-state index in [1.165, 1.54) is 24.9 Å². The lowest BCUT2D eigenvalue weighted by Gasteiger charge is -2.24. The Kier molecular flexibility index (Phi) is 4.05. The van der Waals surface area contributed by atoms with Crippen molar-refractivity contribution in [2.24, 2.45) is 0 Å². The smallest absolute Gasteiger partial charge is 0.228 e. The van der Waals surface area contributed by atoms with Gasteiger partial charge in [0.25, 0.3) is 0 Å². The van der Waals surface area contributed by atoms with Crippen molar-refractivity contribution >= 4 is 0 Å². The highest BCUT2D eigenvalue weighted by atomic mass is 16.5. The lowest BCUT2D eigenvalue weighted by atomic mass is 9.94. The van der Waals surface area contributed by atoms with Crippen LogP contribution in [-0.4, -0.2) is 37.4 Å². The summed E-state index contributed by atoms with van der Waals surface area (Å²) in [5.74, 6) is 1.96. The van der Waals surface area contributed by atoms with Gasteiger partial charge in [-0.1, -0.05) is 35.5 Å². The molecule has 0 N–H and O–H groups in total. The molecule has 26 heavy (non-hydrogen) atoms. The maximum atomic E-state index is 5.54. The van der Waals surface area contributed by atoms with Crippen molar-refractivity contribution in [1.29, 1.82) is 0 Å². The highest BCUT2D eigenvalue weighted by Gasteiger charge is 2.46. The zero-order valence-corrected chi connectivity index (χ0v) is 14.7. The molecule has 0 unspecified atom stereocenters. The van der Waals surface area contributed by atoms with Gasteiger partial charge in [0.2, 0.25) is 5.89 Å². The molecular weight excluding hydrogens is 326 g/mol. The molecule has 2 aliphatic rings. The summed E-state index contributed by atoms with van der Waals surface area (Å²) in [5.41, 5.74) is 1.41. The first kappa shape index (κ1) is 15.8. The largest absolute Gasteiger partial charge is 0.339 e. The summed E-state index contributed by atoms with van der Waals surface area (Å²) >= 11 is 0. The van der Waals surface area contributed by atoms with Crippen LogP contribution in [0.3, 0.4) is 0 Å². The number of nitrogens with zero attached hydrogens (tertiary/aromatic N) is 5. The van der Waals surface area contributed by atoms with Gasteiger partial charge in [-0.2, -0.15) is 10.1 Å². The van der Waals surface area contributed by atoms with Crippen LogP contribution in [0.25, 0.3) is 0 Å². The van der Waals surface area contributed by atoms with E-state index in [2.05, 4.69) is 45.5 Å². The van der Waals surface area contributed by atoms with E-state index in [-0.39, 0.29) is 0 Å². The predicted molar refractivity (Wildman–Crippen MR) is 96.5 cm³/mol. The summed E-state index contributed by atoms with van der Waals surface area (Å²) in [5, 5.41) is 8.57. The third-order valence-corrected chi connectivity index (χ3v) is 5.80. The molecule has 2 aliphatic heterocycles. The third kappa shape index (κ3) is 2.84. The zero-order chi connectivity index (χ0) is 17.3. The van der Waals surface area contributed by atoms with E-state index in [1.807, 2.05) is 16.9 Å². The Morgan fingerprint density at radius 3 is 2.92 bits per heavy atom. The highest BCUT2D eigenvalue weighted by Crippen LogP contribution is 2.48. The number of fused-ring (bicyclic) bond motifs is 1. The Labute approximate surface area is 152 Å². The first-order valence-electron chi connectivity index (χ1n) is 9.49. The van der Waals surface area contributed by atoms with Crippen LogP contribution in [0.4, 0.5) is 0 Å². The molecule has 3 atom stereocenters. The topological polar surface area (TPSA) is 60.0 Å². The van der Waals surface area contributed by atoms with Crippen molar-refractivity contribution < 1.29 is 4.52 Å². The van der Waals surface area contributed by atoms with Crippen LogP contribution in [0.5, 0.6) is 0 Å². The maximum Gasteiger partial charge on any atom is 0.228 e. The molecule has 0 aliphatic carbocycles. The third-order valence-electron chi connectivity index (χ3n) is 5.80. The second-order valence-electron chi connectivity index (χ2n) is 7.28. The van der Waals surface area contributed by atoms with Crippen LogP contribution in [0.15, 0.2) is 53.3 Å². The van der Waals surface area contributed by atoms with E-state index in [4.69, 9.17) is 9.51 Å². The molecule has 2 aromatic heterocycles. The lowest BCUT2D eigenvalue weighted by Crippen LogP contribution is -2.27. The molecule has 0 radical (unpaired) electrons. The van der Waals surface area contributed by atoms with Crippen LogP contribution in [-0.2, 0) is 13.0 Å². The monoisotopic (exact) mass is 349 g/mol. The molecule has 2 fully saturated rings. The number of aromatic nitrogens is 4. The average molecular weight is 349 g/mol. The van der Waals surface area contributed by atoms with E-state index in [0.29, 0.717) is 23.9 Å². The van der Waals surface area contributed by atoms with Crippen LogP contribution in [0, 0.1) is 0 Å². The molecule has 3 aromatic rings. The summed E-state index contributed by atoms with van der Waals surface area (Å²) < 4.78 is 7.44. The van der Waals surface area contributed by atoms with Crippen LogP contribution < -0.4 is 0 Å². The van der Waals surface area contributed by atoms with Crippen molar-refractivity contribution in [3.63, 3.8) is 0 Å². The van der Waals surface area contributed by atoms with Gasteiger partial charge in [-0.25, -0.2) is 0 Å². The van der Waals surface area contributed by atoms with Gasteiger partial charge in [-0.3, -0.25) is 9.58 Å². The zero-order valence-electron chi connectivity index (χ0n) is 14.7. The molecule has 1 aromatic carbocycles. The van der Waals surface area contributed by atoms with E-state index in [9.17, 15) is 0 Å². The Hall–Kier alpha value is -2.47. The minimum absolute atomic E-state index is 0.366. The standard InChI is InChI=1S/C20H23N5O/c1-2-6-15(7-3-1)18-14-16(17-8-4-12-25(17)18)20-22-19(26-23-20)9-13-24-11-5-10-21-24/h1-3,5-7,10-11,16-18H,4,8-9,12-14H2/t16-,17+,18-/m0/s1. The van der Waals surface area contributed by atoms with Crippen molar-refractivity contribution in [1.82, 2.24) is 24.8 Å². The molecule has 0 spiro atoms. The van der Waals surface area contributed by atoms with Crippen molar-refractivity contribution in [3.8, 4) is 0 Å². The summed E-state index contributed by atoms with van der Waals surface area (Å²) in [4.78, 5) is 7.39. The fourth-order valence-corrected chi connectivity index (χ4v) is 4.61. The van der Waals surface area contributed by atoms with Crippen molar-refractivity contribution in [2.45, 2.75) is 50.2 Å². The number of rotatable bonds is 5. The Morgan fingerprint density at radius 1 is 1.15 bits per heavy atom. The van der Waals surface area contributed by atoms with Crippen LogP contribution in [0.1, 0.15) is 48.5 Å². The van der Waals surface area contributed by atoms with Gasteiger partial charge in [0.1, 0.15) is 0 Å². The van der Waals surface area contributed by atoms with Gasteiger partial charge in [0.15, 0.2) is 5.82 Å². The summed E-state index contributed by atoms with van der Waals surface area (Å²) in [6, 6.07) is 13.8. The van der Waals surface area contributed by atoms with E-state index in [0.717, 1.165) is 25.2 Å². The fraction of sp³-hybridized carbons (Fsp3) is 0.450. The van der Waals surface area contributed by atoms with Gasteiger partial charge in [0, 0.05) is 43.4 Å². The SMILES string of the molecule is c1ccc([C@@H]2C[C@H](c3noc(CCn4cccn4)n3)[C@H]3CCCN32)cc1. The molecule has 0 bridgehead atoms. The number of benzene rings is 1. The molecule has 5 rings (SSSR count). The van der Waals surface area contributed by atoms with Gasteiger partial charge in [-0.15, -0.1) is 0 Å². The highest BCUT2D eigenvalue weighted by molar-refractivity contribution is 5.24. The van der Waals surface area contributed by atoms with Gasteiger partial charge < -0.3 is 4.52 Å². The van der Waals surface area contributed by atoms with Gasteiger partial charge >= 0.3 is 0 Å². The molecule has 6 nitrogen and oxygen atoms in total. The summed E-state index contributed by atoms with van der Waals surface area (Å²) in [7, 11) is 0. The molecule has 0 saturated carbocycles. The Morgan fingerprint density at radius 2 is 2.08 bits per heavy atom. The van der Waals surface area contributed by atoms with Gasteiger partial charge in [0.05, 0.1) is 0 Å². The van der Waals surface area contributed by atoms with Crippen molar-refractivity contribution in [2.75, 3.05) is 6.54 Å². The van der Waals surface area contributed by atoms with Gasteiger partial charge in [-0.05, 0) is 37.4 Å². The quantitative estimate of drug-likeness (QED) is 0.708. The second kappa shape index (κ2) is 6.68. The molecule has 4 heterocycles. The lowest BCUT2D eigenvalue weighted by molar-refractivity contribution is 0.243. The molecule has 6 heteroatoms. The Bertz CT molecular complexity index is 844. The summed E-state index contributed by atoms with van der Waals surface area (Å²) in [6.45, 7) is 1.94. The van der Waals surface area contributed by atoms with E-state index >= 15 is 0 Å². The summed E-state index contributed by atoms with van der Waals surface area (Å²) in [6.07, 6.45) is 8.02. The fourth-order valence-electron chi connectivity index (χ4n) is 4.61.